The number of imidazole rings is 1. The summed E-state index contributed by atoms with van der Waals surface area (Å²) in [7, 11) is 3.58. The first-order valence-electron chi connectivity index (χ1n) is 10.2. The highest BCUT2D eigenvalue weighted by Gasteiger charge is 2.27. The summed E-state index contributed by atoms with van der Waals surface area (Å²) < 4.78 is 8.91. The van der Waals surface area contributed by atoms with Gasteiger partial charge in [0.1, 0.15) is 28.1 Å². The molecule has 0 saturated carbocycles. The maximum absolute atomic E-state index is 13.0. The van der Waals surface area contributed by atoms with Crippen LogP contribution in [0.1, 0.15) is 34.2 Å². The minimum Gasteiger partial charge on any atom is -0.497 e. The Kier molecular flexibility index (Phi) is 5.18. The van der Waals surface area contributed by atoms with Crippen LogP contribution < -0.4 is 15.0 Å². The minimum absolute atomic E-state index is 0.135. The molecule has 0 bridgehead atoms. The monoisotopic (exact) mass is 451 g/mol. The first-order valence-corrected chi connectivity index (χ1v) is 10.6. The van der Waals surface area contributed by atoms with Crippen molar-refractivity contribution in [3.05, 3.63) is 71.0 Å². The average molecular weight is 452 g/mol. The number of ether oxygens (including phenoxy) is 1. The number of aryl methyl sites for hydroxylation is 1. The molecule has 4 heterocycles. The van der Waals surface area contributed by atoms with Gasteiger partial charge in [0.15, 0.2) is 5.65 Å². The molecule has 0 spiro atoms. The molecule has 164 valence electrons. The standard InChI is InChI=1S/C22H22ClN7O2/c1-28(13-14-3-5-15(32-2)6-4-14)19-11-18(23)27-20-16(12-25-30(19)20)22(31)26-17-7-9-29-10-8-24-21(17)29/h3-6,8,10-12,17H,7,9,13H2,1-2H3,(H,26,31). The van der Waals surface area contributed by atoms with Gasteiger partial charge in [-0.3, -0.25) is 4.79 Å². The Hall–Kier alpha value is -3.59. The molecule has 0 saturated heterocycles. The van der Waals surface area contributed by atoms with Gasteiger partial charge < -0.3 is 19.5 Å². The van der Waals surface area contributed by atoms with E-state index in [9.17, 15) is 4.79 Å². The van der Waals surface area contributed by atoms with E-state index in [0.717, 1.165) is 35.9 Å². The first kappa shape index (κ1) is 20.3. The number of anilines is 1. The van der Waals surface area contributed by atoms with Crippen LogP contribution in [0.4, 0.5) is 5.82 Å². The van der Waals surface area contributed by atoms with Crippen LogP contribution in [0.5, 0.6) is 5.75 Å². The molecule has 1 unspecified atom stereocenters. The van der Waals surface area contributed by atoms with Gasteiger partial charge in [0.2, 0.25) is 0 Å². The summed E-state index contributed by atoms with van der Waals surface area (Å²) in [6.45, 7) is 1.45. The number of benzene rings is 1. The second-order valence-corrected chi connectivity index (χ2v) is 8.12. The summed E-state index contributed by atoms with van der Waals surface area (Å²) >= 11 is 6.33. The van der Waals surface area contributed by atoms with Gasteiger partial charge in [-0.05, 0) is 24.1 Å². The van der Waals surface area contributed by atoms with Crippen molar-refractivity contribution in [3.8, 4) is 5.75 Å². The quantitative estimate of drug-likeness (QED) is 0.453. The van der Waals surface area contributed by atoms with Gasteiger partial charge in [-0.25, -0.2) is 9.97 Å². The van der Waals surface area contributed by atoms with E-state index >= 15 is 0 Å². The molecule has 1 aliphatic rings. The van der Waals surface area contributed by atoms with Gasteiger partial charge >= 0.3 is 0 Å². The summed E-state index contributed by atoms with van der Waals surface area (Å²) in [6.07, 6.45) is 6.00. The van der Waals surface area contributed by atoms with Crippen molar-refractivity contribution in [2.75, 3.05) is 19.1 Å². The Morgan fingerprint density at radius 2 is 2.16 bits per heavy atom. The summed E-state index contributed by atoms with van der Waals surface area (Å²) in [6, 6.07) is 9.45. The van der Waals surface area contributed by atoms with Crippen molar-refractivity contribution in [1.29, 1.82) is 0 Å². The van der Waals surface area contributed by atoms with E-state index in [0.29, 0.717) is 22.9 Å². The zero-order valence-electron chi connectivity index (χ0n) is 17.7. The number of halogens is 1. The topological polar surface area (TPSA) is 89.6 Å². The fraction of sp³-hybridized carbons (Fsp3) is 0.273. The Morgan fingerprint density at radius 3 is 2.94 bits per heavy atom. The second kappa shape index (κ2) is 8.16. The van der Waals surface area contributed by atoms with Crippen LogP contribution >= 0.6 is 11.6 Å². The van der Waals surface area contributed by atoms with Crippen LogP contribution in [0.2, 0.25) is 5.15 Å². The molecule has 0 fully saturated rings. The second-order valence-electron chi connectivity index (χ2n) is 7.73. The highest BCUT2D eigenvalue weighted by Crippen LogP contribution is 2.26. The highest BCUT2D eigenvalue weighted by atomic mass is 35.5. The SMILES string of the molecule is COc1ccc(CN(C)c2cc(Cl)nc3c(C(=O)NC4CCn5ccnc54)cnn23)cc1. The van der Waals surface area contributed by atoms with Crippen molar-refractivity contribution < 1.29 is 9.53 Å². The van der Waals surface area contributed by atoms with E-state index in [1.807, 2.05) is 47.0 Å². The first-order chi connectivity index (χ1) is 15.5. The van der Waals surface area contributed by atoms with Gasteiger partial charge in [0.25, 0.3) is 5.91 Å². The van der Waals surface area contributed by atoms with E-state index in [1.54, 1.807) is 23.9 Å². The number of hydrogen-bond donors (Lipinski definition) is 1. The van der Waals surface area contributed by atoms with Gasteiger partial charge in [-0.1, -0.05) is 23.7 Å². The molecule has 0 aliphatic carbocycles. The van der Waals surface area contributed by atoms with Crippen LogP contribution in [0.3, 0.4) is 0 Å². The number of fused-ring (bicyclic) bond motifs is 2. The summed E-state index contributed by atoms with van der Waals surface area (Å²) in [5.74, 6) is 2.14. The number of hydrogen-bond acceptors (Lipinski definition) is 6. The van der Waals surface area contributed by atoms with E-state index < -0.39 is 0 Å². The average Bonchev–Trinajstić information content (AvgIpc) is 3.51. The lowest BCUT2D eigenvalue weighted by Gasteiger charge is -2.20. The molecule has 1 amide bonds. The van der Waals surface area contributed by atoms with Crippen LogP contribution in [0.15, 0.2) is 48.9 Å². The molecule has 1 atom stereocenters. The van der Waals surface area contributed by atoms with Crippen molar-refractivity contribution >= 4 is 29.0 Å². The zero-order valence-corrected chi connectivity index (χ0v) is 18.5. The third-order valence-electron chi connectivity index (χ3n) is 5.66. The zero-order chi connectivity index (χ0) is 22.2. The lowest BCUT2D eigenvalue weighted by atomic mass is 10.2. The molecule has 1 aromatic carbocycles. The molecule has 9 nitrogen and oxygen atoms in total. The van der Waals surface area contributed by atoms with E-state index in [-0.39, 0.29) is 11.9 Å². The van der Waals surface area contributed by atoms with Crippen LogP contribution in [-0.4, -0.2) is 44.2 Å². The smallest absolute Gasteiger partial charge is 0.257 e. The summed E-state index contributed by atoms with van der Waals surface area (Å²) in [5, 5.41) is 7.77. The number of nitrogens with zero attached hydrogens (tertiary/aromatic N) is 6. The Balaban J connectivity index is 1.41. The summed E-state index contributed by atoms with van der Waals surface area (Å²) in [4.78, 5) is 23.8. The molecule has 3 aromatic heterocycles. The largest absolute Gasteiger partial charge is 0.497 e. The molecular weight excluding hydrogens is 430 g/mol. The maximum Gasteiger partial charge on any atom is 0.257 e. The maximum atomic E-state index is 13.0. The summed E-state index contributed by atoms with van der Waals surface area (Å²) in [5.41, 5.74) is 1.88. The fourth-order valence-electron chi connectivity index (χ4n) is 4.03. The number of methoxy groups -OCH3 is 1. The number of rotatable bonds is 6. The molecular formula is C22H22ClN7O2. The van der Waals surface area contributed by atoms with Crippen LogP contribution in [-0.2, 0) is 13.1 Å². The number of nitrogens with one attached hydrogen (secondary N) is 1. The van der Waals surface area contributed by atoms with Crippen molar-refractivity contribution in [1.82, 2.24) is 29.5 Å². The molecule has 10 heteroatoms. The van der Waals surface area contributed by atoms with E-state index in [1.165, 1.54) is 6.20 Å². The number of amides is 1. The molecule has 1 N–H and O–H groups in total. The molecule has 0 radical (unpaired) electrons. The number of aromatic nitrogens is 5. The van der Waals surface area contributed by atoms with Crippen LogP contribution in [0, 0.1) is 0 Å². The van der Waals surface area contributed by atoms with Crippen molar-refractivity contribution in [2.45, 2.75) is 25.6 Å². The fourth-order valence-corrected chi connectivity index (χ4v) is 4.20. The number of carbonyl (C=O) groups excluding carboxylic acids is 1. The van der Waals surface area contributed by atoms with Crippen molar-refractivity contribution in [2.24, 2.45) is 0 Å². The Bertz CT molecular complexity index is 1280. The molecule has 5 rings (SSSR count). The highest BCUT2D eigenvalue weighted by molar-refractivity contribution is 6.29. The predicted molar refractivity (Wildman–Crippen MR) is 120 cm³/mol. The lowest BCUT2D eigenvalue weighted by molar-refractivity contribution is 0.0937. The third-order valence-corrected chi connectivity index (χ3v) is 5.85. The normalized spacial score (nSPS) is 15.0. The van der Waals surface area contributed by atoms with Gasteiger partial charge in [0, 0.05) is 38.6 Å². The Morgan fingerprint density at radius 1 is 1.34 bits per heavy atom. The Labute approximate surface area is 189 Å². The number of carbonyl (C=O) groups is 1. The predicted octanol–water partition coefficient (Wildman–Crippen LogP) is 3.10. The molecule has 32 heavy (non-hydrogen) atoms. The van der Waals surface area contributed by atoms with Crippen LogP contribution in [0.25, 0.3) is 5.65 Å². The third kappa shape index (κ3) is 3.64. The van der Waals surface area contributed by atoms with Gasteiger partial charge in [0.05, 0.1) is 19.3 Å². The van der Waals surface area contributed by atoms with Gasteiger partial charge in [-0.15, -0.1) is 0 Å². The van der Waals surface area contributed by atoms with Gasteiger partial charge in [-0.2, -0.15) is 9.61 Å². The lowest BCUT2D eigenvalue weighted by Crippen LogP contribution is -2.27. The van der Waals surface area contributed by atoms with E-state index in [2.05, 4.69) is 20.4 Å². The van der Waals surface area contributed by atoms with E-state index in [4.69, 9.17) is 16.3 Å². The minimum atomic E-state index is -0.250. The molecule has 4 aromatic rings. The van der Waals surface area contributed by atoms with Crippen molar-refractivity contribution in [3.63, 3.8) is 0 Å². The molecule has 1 aliphatic heterocycles.